The number of hydrogen-bond donors (Lipinski definition) is 3. The molecule has 120 valence electrons. The van der Waals surface area contributed by atoms with Gasteiger partial charge in [-0.2, -0.15) is 0 Å². The minimum atomic E-state index is -0.519. The summed E-state index contributed by atoms with van der Waals surface area (Å²) in [6, 6.07) is 9.45. The van der Waals surface area contributed by atoms with Crippen LogP contribution in [-0.2, 0) is 11.3 Å². The molecular weight excluding hydrogens is 306 g/mol. The molecule has 0 aliphatic heterocycles. The number of benzene rings is 1. The number of ether oxygens (including phenoxy) is 1. The zero-order chi connectivity index (χ0) is 16.8. The molecule has 3 aromatic rings. The first-order valence-electron chi connectivity index (χ1n) is 7.25. The monoisotopic (exact) mass is 321 g/mol. The molecule has 0 saturated heterocycles. The molecule has 0 atom stereocenters. The van der Waals surface area contributed by atoms with E-state index in [0.29, 0.717) is 22.4 Å². The number of aromatic amines is 1. The van der Waals surface area contributed by atoms with Gasteiger partial charge in [0.15, 0.2) is 0 Å². The van der Waals surface area contributed by atoms with E-state index in [2.05, 4.69) is 32.1 Å². The van der Waals surface area contributed by atoms with Gasteiger partial charge in [0.2, 0.25) is 0 Å². The van der Waals surface area contributed by atoms with E-state index in [1.807, 2.05) is 30.3 Å². The van der Waals surface area contributed by atoms with Crippen LogP contribution in [0.4, 0.5) is 10.6 Å². The van der Waals surface area contributed by atoms with Crippen molar-refractivity contribution in [3.8, 4) is 11.8 Å². The van der Waals surface area contributed by atoms with Crippen molar-refractivity contribution in [2.45, 2.75) is 6.61 Å². The Morgan fingerprint density at radius 1 is 1.29 bits per heavy atom. The van der Waals surface area contributed by atoms with Gasteiger partial charge in [0.05, 0.1) is 17.5 Å². The summed E-state index contributed by atoms with van der Waals surface area (Å²) in [6.45, 7) is 0.379. The number of amides is 1. The lowest BCUT2D eigenvalue weighted by Gasteiger charge is -2.04. The van der Waals surface area contributed by atoms with Crippen molar-refractivity contribution in [3.05, 3.63) is 54.0 Å². The number of carbonyl (C=O) groups excluding carboxylic acids is 1. The first-order valence-corrected chi connectivity index (χ1v) is 7.25. The van der Waals surface area contributed by atoms with Crippen molar-refractivity contribution in [1.82, 2.24) is 20.3 Å². The molecule has 0 radical (unpaired) electrons. The van der Waals surface area contributed by atoms with Gasteiger partial charge in [-0.15, -0.1) is 0 Å². The highest BCUT2D eigenvalue weighted by Crippen LogP contribution is 2.19. The molecule has 0 fully saturated rings. The van der Waals surface area contributed by atoms with Crippen LogP contribution in [0, 0.1) is 11.8 Å². The largest absolute Gasteiger partial charge is 0.445 e. The van der Waals surface area contributed by atoms with Crippen LogP contribution in [0.1, 0.15) is 11.1 Å². The Morgan fingerprint density at radius 2 is 2.12 bits per heavy atom. The quantitative estimate of drug-likeness (QED) is 0.638. The van der Waals surface area contributed by atoms with Crippen LogP contribution in [0.3, 0.4) is 0 Å². The zero-order valence-electron chi connectivity index (χ0n) is 12.7. The van der Waals surface area contributed by atoms with Crippen molar-refractivity contribution in [2.75, 3.05) is 12.3 Å². The van der Waals surface area contributed by atoms with Gasteiger partial charge in [-0.3, -0.25) is 0 Å². The second kappa shape index (κ2) is 7.15. The number of hydrogen-bond acceptors (Lipinski definition) is 5. The maximum atomic E-state index is 11.6. The van der Waals surface area contributed by atoms with E-state index in [-0.39, 0.29) is 13.2 Å². The molecule has 0 spiro atoms. The van der Waals surface area contributed by atoms with Crippen LogP contribution in [-0.4, -0.2) is 27.6 Å². The first-order chi connectivity index (χ1) is 11.7. The average molecular weight is 321 g/mol. The summed E-state index contributed by atoms with van der Waals surface area (Å²) in [5.74, 6) is 6.13. The maximum absolute atomic E-state index is 11.6. The van der Waals surface area contributed by atoms with E-state index >= 15 is 0 Å². The highest BCUT2D eigenvalue weighted by atomic mass is 16.5. The van der Waals surface area contributed by atoms with Crippen molar-refractivity contribution in [1.29, 1.82) is 0 Å². The lowest BCUT2D eigenvalue weighted by molar-refractivity contribution is 0.141. The molecule has 2 aromatic heterocycles. The Labute approximate surface area is 138 Å². The predicted octanol–water partition coefficient (Wildman–Crippen LogP) is 1.82. The van der Waals surface area contributed by atoms with Gasteiger partial charge < -0.3 is 20.8 Å². The fourth-order valence-electron chi connectivity index (χ4n) is 2.12. The lowest BCUT2D eigenvalue weighted by Crippen LogP contribution is -2.24. The van der Waals surface area contributed by atoms with E-state index in [4.69, 9.17) is 10.5 Å². The molecule has 24 heavy (non-hydrogen) atoms. The summed E-state index contributed by atoms with van der Waals surface area (Å²) in [5, 5.41) is 3.25. The third-order valence-electron chi connectivity index (χ3n) is 3.26. The van der Waals surface area contributed by atoms with Crippen molar-refractivity contribution in [3.63, 3.8) is 0 Å². The number of fused-ring (bicyclic) bond motifs is 1. The van der Waals surface area contributed by atoms with Crippen LogP contribution in [0.2, 0.25) is 0 Å². The summed E-state index contributed by atoms with van der Waals surface area (Å²) in [6.07, 6.45) is 2.57. The van der Waals surface area contributed by atoms with Gasteiger partial charge in [0.1, 0.15) is 24.4 Å². The van der Waals surface area contributed by atoms with Crippen LogP contribution >= 0.6 is 0 Å². The van der Waals surface area contributed by atoms with Crippen molar-refractivity contribution < 1.29 is 9.53 Å². The summed E-state index contributed by atoms with van der Waals surface area (Å²) in [7, 11) is 0. The Morgan fingerprint density at radius 3 is 2.96 bits per heavy atom. The van der Waals surface area contributed by atoms with E-state index < -0.39 is 6.09 Å². The van der Waals surface area contributed by atoms with Gasteiger partial charge >= 0.3 is 6.09 Å². The van der Waals surface area contributed by atoms with Gasteiger partial charge in [-0.1, -0.05) is 42.2 Å². The molecule has 0 aliphatic carbocycles. The van der Waals surface area contributed by atoms with Crippen LogP contribution in [0.15, 0.2) is 42.9 Å². The summed E-state index contributed by atoms with van der Waals surface area (Å²) in [4.78, 5) is 22.6. The molecule has 0 saturated carbocycles. The second-order valence-corrected chi connectivity index (χ2v) is 4.90. The molecule has 7 nitrogen and oxygen atoms in total. The Bertz CT molecular complexity index is 909. The summed E-state index contributed by atoms with van der Waals surface area (Å²) >= 11 is 0. The van der Waals surface area contributed by atoms with Gasteiger partial charge in [-0.05, 0) is 5.56 Å². The maximum Gasteiger partial charge on any atom is 0.408 e. The highest BCUT2D eigenvalue weighted by molar-refractivity contribution is 5.91. The molecule has 7 heteroatoms. The number of H-pyrrole nitrogens is 1. The molecule has 2 heterocycles. The molecular formula is C17H15N5O2. The van der Waals surface area contributed by atoms with Crippen LogP contribution in [0.5, 0.6) is 0 Å². The first kappa shape index (κ1) is 15.4. The topological polar surface area (TPSA) is 106 Å². The van der Waals surface area contributed by atoms with Gasteiger partial charge in [-0.25, -0.2) is 14.8 Å². The number of rotatable bonds is 3. The molecule has 0 aliphatic rings. The average Bonchev–Trinajstić information content (AvgIpc) is 3.02. The number of nitrogens with one attached hydrogen (secondary N) is 2. The van der Waals surface area contributed by atoms with E-state index in [9.17, 15) is 4.79 Å². The summed E-state index contributed by atoms with van der Waals surface area (Å²) < 4.78 is 5.09. The third kappa shape index (κ3) is 3.62. The number of nitrogens with zero attached hydrogens (tertiary/aromatic N) is 2. The Balaban J connectivity index is 1.53. The minimum absolute atomic E-state index is 0.161. The summed E-state index contributed by atoms with van der Waals surface area (Å²) in [5.41, 5.74) is 8.05. The Kier molecular flexibility index (Phi) is 4.58. The number of anilines is 1. The third-order valence-corrected chi connectivity index (χ3v) is 3.26. The number of carbonyl (C=O) groups is 1. The van der Waals surface area contributed by atoms with Crippen molar-refractivity contribution in [2.24, 2.45) is 0 Å². The molecule has 1 aromatic carbocycles. The SMILES string of the molecule is Nc1ncnc2[nH]cc(C#CCNC(=O)OCc3ccccc3)c12. The van der Waals surface area contributed by atoms with Crippen LogP contribution in [0.25, 0.3) is 11.0 Å². The van der Waals surface area contributed by atoms with Gasteiger partial charge in [0, 0.05) is 6.20 Å². The Hall–Kier alpha value is -3.53. The molecule has 4 N–H and O–H groups in total. The van der Waals surface area contributed by atoms with E-state index in [1.54, 1.807) is 6.20 Å². The fourth-order valence-corrected chi connectivity index (χ4v) is 2.12. The lowest BCUT2D eigenvalue weighted by atomic mass is 10.2. The minimum Gasteiger partial charge on any atom is -0.445 e. The zero-order valence-corrected chi connectivity index (χ0v) is 12.7. The smallest absolute Gasteiger partial charge is 0.408 e. The number of nitrogens with two attached hydrogens (primary N) is 1. The van der Waals surface area contributed by atoms with Gasteiger partial charge in [0.25, 0.3) is 0 Å². The second-order valence-electron chi connectivity index (χ2n) is 4.90. The van der Waals surface area contributed by atoms with Crippen molar-refractivity contribution >= 4 is 22.9 Å². The number of nitrogen functional groups attached to an aromatic ring is 1. The number of aromatic nitrogens is 3. The molecule has 3 rings (SSSR count). The van der Waals surface area contributed by atoms with E-state index in [1.165, 1.54) is 6.33 Å². The van der Waals surface area contributed by atoms with E-state index in [0.717, 1.165) is 5.56 Å². The van der Waals surface area contributed by atoms with Crippen LogP contribution < -0.4 is 11.1 Å². The molecule has 0 bridgehead atoms. The normalized spacial score (nSPS) is 10.0. The highest BCUT2D eigenvalue weighted by Gasteiger charge is 2.06. The standard InChI is InChI=1S/C17H15N5O2/c18-15-14-13(9-20-16(14)22-11-21-15)7-4-8-19-17(23)24-10-12-5-2-1-3-6-12/h1-3,5-6,9,11H,8,10H2,(H,19,23)(H3,18,20,21,22). The predicted molar refractivity (Wildman–Crippen MR) is 89.8 cm³/mol. The molecule has 1 amide bonds. The number of alkyl carbamates (subject to hydrolysis) is 1. The molecule has 0 unspecified atom stereocenters. The fraction of sp³-hybridized carbons (Fsp3) is 0.118.